The first-order valence-corrected chi connectivity index (χ1v) is 10.3. The molecule has 0 bridgehead atoms. The summed E-state index contributed by atoms with van der Waals surface area (Å²) < 4.78 is 1.70. The fourth-order valence-electron chi connectivity index (χ4n) is 3.42. The molecule has 0 unspecified atom stereocenters. The Morgan fingerprint density at radius 1 is 1.11 bits per heavy atom. The van der Waals surface area contributed by atoms with Gasteiger partial charge in [0.2, 0.25) is 11.1 Å². The molecule has 0 fully saturated rings. The topological polar surface area (TPSA) is 63.9 Å². The third-order valence-corrected chi connectivity index (χ3v) is 6.27. The first-order valence-electron chi connectivity index (χ1n) is 9.41. The summed E-state index contributed by atoms with van der Waals surface area (Å²) >= 11 is 1.40. The maximum absolute atomic E-state index is 13.0. The second kappa shape index (κ2) is 7.75. The third kappa shape index (κ3) is 3.67. The van der Waals surface area contributed by atoms with E-state index >= 15 is 0 Å². The van der Waals surface area contributed by atoms with Crippen molar-refractivity contribution in [3.05, 3.63) is 64.7 Å². The molecule has 0 aliphatic carbocycles. The van der Waals surface area contributed by atoms with Gasteiger partial charge in [-0.1, -0.05) is 42.1 Å². The number of hydrogen-bond acceptors (Lipinski definition) is 5. The molecule has 7 heteroatoms. The number of benzene rings is 2. The van der Waals surface area contributed by atoms with E-state index in [1.54, 1.807) is 4.68 Å². The fourth-order valence-corrected chi connectivity index (χ4v) is 4.31. The molecule has 1 aliphatic heterocycles. The molecule has 144 valence electrons. The number of hydrogen-bond donors (Lipinski definition) is 0. The maximum Gasteiger partial charge on any atom is 0.236 e. The van der Waals surface area contributed by atoms with Gasteiger partial charge in [0.1, 0.15) is 0 Å². The molecule has 1 atom stereocenters. The van der Waals surface area contributed by atoms with Crippen LogP contribution in [0, 0.1) is 13.8 Å². The van der Waals surface area contributed by atoms with Crippen LogP contribution in [0.15, 0.2) is 47.6 Å². The van der Waals surface area contributed by atoms with E-state index in [0.717, 1.165) is 18.7 Å². The van der Waals surface area contributed by atoms with Crippen LogP contribution in [-0.4, -0.2) is 42.8 Å². The molecule has 2 heterocycles. The van der Waals surface area contributed by atoms with Crippen LogP contribution in [0.5, 0.6) is 0 Å². The van der Waals surface area contributed by atoms with Crippen molar-refractivity contribution < 1.29 is 4.79 Å². The van der Waals surface area contributed by atoms with Crippen molar-refractivity contribution >= 4 is 17.7 Å². The van der Waals surface area contributed by atoms with Crippen LogP contribution in [-0.2, 0) is 17.8 Å². The Morgan fingerprint density at radius 3 is 2.68 bits per heavy atom. The molecule has 1 amide bonds. The highest BCUT2D eigenvalue weighted by atomic mass is 32.2. The fraction of sp³-hybridized carbons (Fsp3) is 0.333. The Morgan fingerprint density at radius 2 is 1.89 bits per heavy atom. The van der Waals surface area contributed by atoms with Crippen LogP contribution in [0.2, 0.25) is 0 Å². The van der Waals surface area contributed by atoms with Crippen LogP contribution < -0.4 is 0 Å². The first-order chi connectivity index (χ1) is 13.5. The number of carbonyl (C=O) groups excluding carboxylic acids is 1. The van der Waals surface area contributed by atoms with Crippen molar-refractivity contribution in [2.75, 3.05) is 6.54 Å². The first kappa shape index (κ1) is 18.7. The lowest BCUT2D eigenvalue weighted by Gasteiger charge is -2.30. The number of amides is 1. The number of aromatic nitrogens is 4. The lowest BCUT2D eigenvalue weighted by molar-refractivity contribution is -0.131. The highest BCUT2D eigenvalue weighted by Crippen LogP contribution is 2.27. The van der Waals surface area contributed by atoms with Gasteiger partial charge in [-0.25, -0.2) is 0 Å². The average Bonchev–Trinajstić information content (AvgIpc) is 3.17. The lowest BCUT2D eigenvalue weighted by atomic mass is 10.00. The van der Waals surface area contributed by atoms with Gasteiger partial charge in [0, 0.05) is 13.1 Å². The van der Waals surface area contributed by atoms with E-state index in [9.17, 15) is 4.79 Å². The molecule has 0 saturated heterocycles. The van der Waals surface area contributed by atoms with E-state index in [2.05, 4.69) is 59.7 Å². The Bertz CT molecular complexity index is 1020. The van der Waals surface area contributed by atoms with Crippen molar-refractivity contribution in [2.45, 2.75) is 44.1 Å². The summed E-state index contributed by atoms with van der Waals surface area (Å²) in [7, 11) is 0. The number of thioether (sulfide) groups is 1. The van der Waals surface area contributed by atoms with E-state index in [1.165, 1.54) is 34.0 Å². The van der Waals surface area contributed by atoms with Crippen LogP contribution in [0.1, 0.15) is 29.2 Å². The maximum atomic E-state index is 13.0. The van der Waals surface area contributed by atoms with E-state index < -0.39 is 0 Å². The lowest BCUT2D eigenvalue weighted by Crippen LogP contribution is -2.40. The highest BCUT2D eigenvalue weighted by Gasteiger charge is 2.26. The number of aryl methyl sites for hydroxylation is 2. The highest BCUT2D eigenvalue weighted by molar-refractivity contribution is 8.00. The molecule has 0 saturated carbocycles. The molecule has 0 N–H and O–H groups in total. The van der Waals surface area contributed by atoms with Crippen molar-refractivity contribution in [2.24, 2.45) is 0 Å². The average molecular weight is 394 g/mol. The monoisotopic (exact) mass is 393 g/mol. The summed E-state index contributed by atoms with van der Waals surface area (Å²) in [4.78, 5) is 14.9. The molecule has 1 aromatic heterocycles. The minimum atomic E-state index is -0.262. The van der Waals surface area contributed by atoms with E-state index in [0.29, 0.717) is 11.7 Å². The molecule has 1 aliphatic rings. The Kier molecular flexibility index (Phi) is 5.17. The van der Waals surface area contributed by atoms with Crippen molar-refractivity contribution in [1.29, 1.82) is 0 Å². The van der Waals surface area contributed by atoms with Gasteiger partial charge in [0.15, 0.2) is 0 Å². The normalized spacial score (nSPS) is 14.6. The Balaban J connectivity index is 1.49. The number of rotatable bonds is 4. The molecule has 6 nitrogen and oxygen atoms in total. The standard InChI is InChI=1S/C21H23N5OS/c1-14-8-9-19(12-15(14)2)26-21(22-23-24-26)28-16(3)20(27)25-11-10-17-6-4-5-7-18(17)13-25/h4-9,12,16H,10-11,13H2,1-3H3/t16-/m1/s1. The summed E-state index contributed by atoms with van der Waals surface area (Å²) in [6.45, 7) is 7.49. The second-order valence-electron chi connectivity index (χ2n) is 7.18. The summed E-state index contributed by atoms with van der Waals surface area (Å²) in [6.07, 6.45) is 0.902. The number of tetrazole rings is 1. The minimum Gasteiger partial charge on any atom is -0.337 e. The van der Waals surface area contributed by atoms with Crippen molar-refractivity contribution in [1.82, 2.24) is 25.1 Å². The van der Waals surface area contributed by atoms with E-state index in [4.69, 9.17) is 0 Å². The van der Waals surface area contributed by atoms with Crippen molar-refractivity contribution in [3.63, 3.8) is 0 Å². The van der Waals surface area contributed by atoms with Gasteiger partial charge in [-0.05, 0) is 72.0 Å². The SMILES string of the molecule is Cc1ccc(-n2nnnc2S[C@H](C)C(=O)N2CCc3ccccc3C2)cc1C. The zero-order chi connectivity index (χ0) is 19.7. The second-order valence-corrected chi connectivity index (χ2v) is 8.49. The van der Waals surface area contributed by atoms with Gasteiger partial charge in [0.05, 0.1) is 10.9 Å². The minimum absolute atomic E-state index is 0.120. The van der Waals surface area contributed by atoms with E-state index in [1.807, 2.05) is 24.0 Å². The van der Waals surface area contributed by atoms with Gasteiger partial charge in [0.25, 0.3) is 0 Å². The zero-order valence-corrected chi connectivity index (χ0v) is 17.1. The number of nitrogens with zero attached hydrogens (tertiary/aromatic N) is 5. The predicted molar refractivity (Wildman–Crippen MR) is 110 cm³/mol. The quantitative estimate of drug-likeness (QED) is 0.636. The summed E-state index contributed by atoms with van der Waals surface area (Å²) in [5.41, 5.74) is 5.88. The molecule has 2 aromatic carbocycles. The van der Waals surface area contributed by atoms with E-state index in [-0.39, 0.29) is 11.2 Å². The third-order valence-electron chi connectivity index (χ3n) is 5.25. The Labute approximate surface area is 168 Å². The van der Waals surface area contributed by atoms with Crippen LogP contribution in [0.4, 0.5) is 0 Å². The largest absolute Gasteiger partial charge is 0.337 e. The Hall–Kier alpha value is -2.67. The molecule has 28 heavy (non-hydrogen) atoms. The van der Waals surface area contributed by atoms with Crippen molar-refractivity contribution in [3.8, 4) is 5.69 Å². The van der Waals surface area contributed by atoms with Crippen LogP contribution in [0.25, 0.3) is 5.69 Å². The van der Waals surface area contributed by atoms with Gasteiger partial charge < -0.3 is 4.90 Å². The van der Waals surface area contributed by atoms with Crippen LogP contribution in [0.3, 0.4) is 0 Å². The molecule has 0 radical (unpaired) electrons. The summed E-state index contributed by atoms with van der Waals surface area (Å²) in [5.74, 6) is 0.120. The molecule has 4 rings (SSSR count). The predicted octanol–water partition coefficient (Wildman–Crippen LogP) is 3.34. The number of fused-ring (bicyclic) bond motifs is 1. The van der Waals surface area contributed by atoms with Gasteiger partial charge in [-0.2, -0.15) is 4.68 Å². The number of carbonyl (C=O) groups is 1. The van der Waals surface area contributed by atoms with Gasteiger partial charge in [-0.15, -0.1) is 5.10 Å². The molecular weight excluding hydrogens is 370 g/mol. The smallest absolute Gasteiger partial charge is 0.236 e. The summed E-state index contributed by atoms with van der Waals surface area (Å²) in [5, 5.41) is 12.5. The van der Waals surface area contributed by atoms with Gasteiger partial charge in [-0.3, -0.25) is 4.79 Å². The molecular formula is C21H23N5OS. The van der Waals surface area contributed by atoms with Crippen LogP contribution >= 0.6 is 11.8 Å². The summed E-state index contributed by atoms with van der Waals surface area (Å²) in [6, 6.07) is 14.4. The molecule has 0 spiro atoms. The molecule has 3 aromatic rings. The van der Waals surface area contributed by atoms with Gasteiger partial charge >= 0.3 is 0 Å². The zero-order valence-electron chi connectivity index (χ0n) is 16.3.